The van der Waals surface area contributed by atoms with Crippen molar-refractivity contribution in [2.45, 2.75) is 39.1 Å². The lowest BCUT2D eigenvalue weighted by atomic mass is 10.1. The van der Waals surface area contributed by atoms with Gasteiger partial charge in [-0.25, -0.2) is 4.79 Å². The molecule has 0 bridgehead atoms. The summed E-state index contributed by atoms with van der Waals surface area (Å²) in [5.41, 5.74) is 0.645. The van der Waals surface area contributed by atoms with Crippen molar-refractivity contribution in [1.29, 1.82) is 0 Å². The molecule has 1 aliphatic rings. The second-order valence-corrected chi connectivity index (χ2v) is 7.97. The third-order valence-electron chi connectivity index (χ3n) is 3.40. The Balaban J connectivity index is 2.37. The van der Waals surface area contributed by atoms with Crippen molar-refractivity contribution in [2.24, 2.45) is 5.92 Å². The average molecular weight is 313 g/mol. The zero-order chi connectivity index (χ0) is 15.0. The smallest absolute Gasteiger partial charge is 0.327 e. The van der Waals surface area contributed by atoms with Crippen LogP contribution < -0.4 is 0 Å². The van der Waals surface area contributed by atoms with E-state index in [-0.39, 0.29) is 17.2 Å². The van der Waals surface area contributed by atoms with E-state index in [0.29, 0.717) is 11.3 Å². The third-order valence-corrected chi connectivity index (χ3v) is 5.98. The Labute approximate surface area is 127 Å². The van der Waals surface area contributed by atoms with Gasteiger partial charge in [-0.2, -0.15) is 0 Å². The summed E-state index contributed by atoms with van der Waals surface area (Å²) in [6, 6.07) is 1.14. The molecule has 0 saturated carbocycles. The molecule has 2 unspecified atom stereocenters. The molecule has 0 spiro atoms. The van der Waals surface area contributed by atoms with E-state index in [1.54, 1.807) is 28.0 Å². The van der Waals surface area contributed by atoms with Crippen LogP contribution in [0, 0.1) is 19.8 Å². The van der Waals surface area contributed by atoms with E-state index in [1.807, 2.05) is 33.8 Å². The number of aryl methyl sites for hydroxylation is 2. The van der Waals surface area contributed by atoms with Crippen LogP contribution >= 0.6 is 23.1 Å². The maximum absolute atomic E-state index is 12.8. The molecule has 0 aromatic carbocycles. The average Bonchev–Trinajstić information content (AvgIpc) is 2.91. The Bertz CT molecular complexity index is 539. The molecule has 0 aliphatic carbocycles. The van der Waals surface area contributed by atoms with Crippen LogP contribution in [0.3, 0.4) is 0 Å². The SMILES string of the molecule is Cc1cc(C(=O)N2C(C(=O)O)CSC2C(C)C)c(C)s1. The molecule has 2 heterocycles. The summed E-state index contributed by atoms with van der Waals surface area (Å²) in [5, 5.41) is 9.28. The lowest BCUT2D eigenvalue weighted by molar-refractivity contribution is -0.141. The Hall–Kier alpha value is -1.01. The van der Waals surface area contributed by atoms with Crippen LogP contribution in [-0.2, 0) is 4.79 Å². The van der Waals surface area contributed by atoms with Crippen molar-refractivity contribution in [1.82, 2.24) is 4.90 Å². The Morgan fingerprint density at radius 2 is 2.05 bits per heavy atom. The summed E-state index contributed by atoms with van der Waals surface area (Å²) in [7, 11) is 0. The molecule has 2 rings (SSSR count). The van der Waals surface area contributed by atoms with E-state index in [2.05, 4.69) is 0 Å². The van der Waals surface area contributed by atoms with Gasteiger partial charge in [0.2, 0.25) is 0 Å². The van der Waals surface area contributed by atoms with Crippen molar-refractivity contribution in [3.8, 4) is 0 Å². The second-order valence-electron chi connectivity index (χ2n) is 5.36. The van der Waals surface area contributed by atoms with Gasteiger partial charge in [0.05, 0.1) is 10.9 Å². The van der Waals surface area contributed by atoms with E-state index in [0.717, 1.165) is 9.75 Å². The summed E-state index contributed by atoms with van der Waals surface area (Å²) in [6.45, 7) is 7.91. The van der Waals surface area contributed by atoms with Gasteiger partial charge in [-0.3, -0.25) is 4.79 Å². The zero-order valence-electron chi connectivity index (χ0n) is 12.0. The predicted molar refractivity (Wildman–Crippen MR) is 82.5 cm³/mol. The highest BCUT2D eigenvalue weighted by Gasteiger charge is 2.43. The minimum absolute atomic E-state index is 0.0665. The number of carbonyl (C=O) groups is 2. The predicted octanol–water partition coefficient (Wildman–Crippen LogP) is 2.99. The van der Waals surface area contributed by atoms with Crippen LogP contribution in [0.4, 0.5) is 0 Å². The van der Waals surface area contributed by atoms with Crippen molar-refractivity contribution in [2.75, 3.05) is 5.75 Å². The second kappa shape index (κ2) is 5.77. The molecule has 1 fully saturated rings. The van der Waals surface area contributed by atoms with Gasteiger partial charge in [0.15, 0.2) is 0 Å². The molecule has 1 aromatic rings. The fourth-order valence-corrected chi connectivity index (χ4v) is 4.86. The summed E-state index contributed by atoms with van der Waals surface area (Å²) in [6.07, 6.45) is 0. The number of hydrogen-bond acceptors (Lipinski definition) is 4. The minimum atomic E-state index is -0.918. The van der Waals surface area contributed by atoms with Crippen molar-refractivity contribution >= 4 is 35.0 Å². The highest BCUT2D eigenvalue weighted by atomic mass is 32.2. The quantitative estimate of drug-likeness (QED) is 0.932. The van der Waals surface area contributed by atoms with Crippen molar-refractivity contribution in [3.63, 3.8) is 0 Å². The lowest BCUT2D eigenvalue weighted by Crippen LogP contribution is -2.47. The van der Waals surface area contributed by atoms with Gasteiger partial charge < -0.3 is 10.0 Å². The Morgan fingerprint density at radius 3 is 2.50 bits per heavy atom. The number of carboxylic acid groups (broad SMARTS) is 1. The number of thioether (sulfide) groups is 1. The summed E-state index contributed by atoms with van der Waals surface area (Å²) in [5.74, 6) is -0.374. The highest BCUT2D eigenvalue weighted by Crippen LogP contribution is 2.36. The molecule has 1 aromatic heterocycles. The molecular weight excluding hydrogens is 294 g/mol. The Morgan fingerprint density at radius 1 is 1.40 bits per heavy atom. The van der Waals surface area contributed by atoms with E-state index >= 15 is 0 Å². The summed E-state index contributed by atoms with van der Waals surface area (Å²) in [4.78, 5) is 27.8. The molecule has 1 amide bonds. The van der Waals surface area contributed by atoms with Crippen molar-refractivity contribution < 1.29 is 14.7 Å². The topological polar surface area (TPSA) is 57.6 Å². The number of carboxylic acids is 1. The normalized spacial score (nSPS) is 22.6. The minimum Gasteiger partial charge on any atom is -0.480 e. The van der Waals surface area contributed by atoms with Crippen LogP contribution in [0.25, 0.3) is 0 Å². The number of hydrogen-bond donors (Lipinski definition) is 1. The monoisotopic (exact) mass is 313 g/mol. The van der Waals surface area contributed by atoms with Gasteiger partial charge in [0.1, 0.15) is 6.04 Å². The van der Waals surface area contributed by atoms with Crippen LogP contribution in [0.15, 0.2) is 6.07 Å². The first kappa shape index (κ1) is 15.4. The first-order valence-corrected chi connectivity index (χ1v) is 8.43. The van der Waals surface area contributed by atoms with E-state index in [9.17, 15) is 14.7 Å². The summed E-state index contributed by atoms with van der Waals surface area (Å²) < 4.78 is 0. The molecule has 2 atom stereocenters. The number of amides is 1. The van der Waals surface area contributed by atoms with Gasteiger partial charge in [-0.15, -0.1) is 23.1 Å². The Kier molecular flexibility index (Phi) is 4.44. The number of aliphatic carboxylic acids is 1. The fraction of sp³-hybridized carbons (Fsp3) is 0.571. The molecule has 1 N–H and O–H groups in total. The molecule has 6 heteroatoms. The number of thiophene rings is 1. The maximum Gasteiger partial charge on any atom is 0.327 e. The van der Waals surface area contributed by atoms with Crippen LogP contribution in [0.2, 0.25) is 0 Å². The zero-order valence-corrected chi connectivity index (χ0v) is 13.7. The first-order valence-electron chi connectivity index (χ1n) is 6.57. The van der Waals surface area contributed by atoms with Gasteiger partial charge in [-0.1, -0.05) is 13.8 Å². The van der Waals surface area contributed by atoms with Gasteiger partial charge >= 0.3 is 5.97 Å². The van der Waals surface area contributed by atoms with Gasteiger partial charge in [0, 0.05) is 15.5 Å². The largest absolute Gasteiger partial charge is 0.480 e. The summed E-state index contributed by atoms with van der Waals surface area (Å²) >= 11 is 3.13. The fourth-order valence-electron chi connectivity index (χ4n) is 2.47. The molecule has 0 radical (unpaired) electrons. The van der Waals surface area contributed by atoms with Crippen LogP contribution in [0.1, 0.15) is 34.0 Å². The van der Waals surface area contributed by atoms with Gasteiger partial charge in [0.25, 0.3) is 5.91 Å². The lowest BCUT2D eigenvalue weighted by Gasteiger charge is -2.29. The standard InChI is InChI=1S/C14H19NO3S2/c1-7(2)13-15(11(6-19-13)14(17)18)12(16)10-5-8(3)20-9(10)4/h5,7,11,13H,6H2,1-4H3,(H,17,18). The van der Waals surface area contributed by atoms with Crippen LogP contribution in [0.5, 0.6) is 0 Å². The number of carbonyl (C=O) groups excluding carboxylic acids is 1. The number of rotatable bonds is 3. The van der Waals surface area contributed by atoms with Crippen molar-refractivity contribution in [3.05, 3.63) is 21.4 Å². The molecule has 20 heavy (non-hydrogen) atoms. The molecule has 4 nitrogen and oxygen atoms in total. The molecule has 1 aliphatic heterocycles. The number of nitrogens with zero attached hydrogens (tertiary/aromatic N) is 1. The molecule has 110 valence electrons. The third kappa shape index (κ3) is 2.72. The first-order chi connectivity index (χ1) is 9.32. The van der Waals surface area contributed by atoms with E-state index in [1.165, 1.54) is 0 Å². The van der Waals surface area contributed by atoms with E-state index in [4.69, 9.17) is 0 Å². The maximum atomic E-state index is 12.8. The molecule has 1 saturated heterocycles. The van der Waals surface area contributed by atoms with E-state index < -0.39 is 12.0 Å². The van der Waals surface area contributed by atoms with Gasteiger partial charge in [-0.05, 0) is 25.8 Å². The highest BCUT2D eigenvalue weighted by molar-refractivity contribution is 8.00. The molecular formula is C14H19NO3S2. The van der Waals surface area contributed by atoms with Crippen LogP contribution in [-0.4, -0.2) is 39.1 Å².